The minimum atomic E-state index is 0.436. The summed E-state index contributed by atoms with van der Waals surface area (Å²) in [5, 5.41) is 1.14. The molecule has 0 radical (unpaired) electrons. The molecule has 14 heavy (non-hydrogen) atoms. The average Bonchev–Trinajstić information content (AvgIpc) is 2.63. The van der Waals surface area contributed by atoms with E-state index < -0.39 is 0 Å². The highest BCUT2D eigenvalue weighted by Gasteiger charge is 2.17. The first-order valence-electron chi connectivity index (χ1n) is 4.28. The molecular formula is C7H10ClN5S. The first kappa shape index (κ1) is 9.82. The lowest BCUT2D eigenvalue weighted by Gasteiger charge is -2.02. The summed E-state index contributed by atoms with van der Waals surface area (Å²) in [7, 11) is 0. The number of rotatable bonds is 3. The number of aromatic nitrogens is 2. The van der Waals surface area contributed by atoms with Crippen molar-refractivity contribution in [2.75, 3.05) is 16.6 Å². The van der Waals surface area contributed by atoms with E-state index in [4.69, 9.17) is 11.6 Å². The molecule has 3 N–H and O–H groups in total. The van der Waals surface area contributed by atoms with Crippen molar-refractivity contribution in [2.24, 2.45) is 0 Å². The Labute approximate surface area is 91.0 Å². The number of thioether (sulfide) groups is 1. The molecule has 76 valence electrons. The van der Waals surface area contributed by atoms with Gasteiger partial charge >= 0.3 is 0 Å². The van der Waals surface area contributed by atoms with Crippen molar-refractivity contribution in [1.82, 2.24) is 15.5 Å². The van der Waals surface area contributed by atoms with E-state index in [1.54, 1.807) is 11.8 Å². The molecule has 0 saturated heterocycles. The monoisotopic (exact) mass is 231 g/mol. The Morgan fingerprint density at radius 2 is 2.21 bits per heavy atom. The zero-order chi connectivity index (χ0) is 9.97. The fraction of sp³-hybridized carbons (Fsp3) is 0.429. The van der Waals surface area contributed by atoms with Crippen LogP contribution in [0.2, 0.25) is 5.15 Å². The fourth-order valence-corrected chi connectivity index (χ4v) is 1.99. The molecule has 2 rings (SSSR count). The lowest BCUT2D eigenvalue weighted by Crippen LogP contribution is -2.19. The molecule has 7 heteroatoms. The third kappa shape index (κ3) is 1.87. The van der Waals surface area contributed by atoms with Crippen LogP contribution < -0.4 is 16.4 Å². The van der Waals surface area contributed by atoms with Gasteiger partial charge in [-0.25, -0.2) is 9.97 Å². The van der Waals surface area contributed by atoms with Crippen LogP contribution >= 0.6 is 23.4 Å². The van der Waals surface area contributed by atoms with Crippen LogP contribution in [0.25, 0.3) is 0 Å². The molecule has 0 unspecified atom stereocenters. The Morgan fingerprint density at radius 3 is 3.00 bits per heavy atom. The van der Waals surface area contributed by atoms with Gasteiger partial charge in [-0.3, -0.25) is 10.9 Å². The van der Waals surface area contributed by atoms with Gasteiger partial charge in [-0.2, -0.15) is 0 Å². The van der Waals surface area contributed by atoms with Crippen molar-refractivity contribution in [3.8, 4) is 0 Å². The van der Waals surface area contributed by atoms with E-state index in [2.05, 4.69) is 33.3 Å². The predicted octanol–water partition coefficient (Wildman–Crippen LogP) is 1.89. The minimum absolute atomic E-state index is 0.436. The smallest absolute Gasteiger partial charge is 0.191 e. The summed E-state index contributed by atoms with van der Waals surface area (Å²) in [5.74, 6) is 1.69. The van der Waals surface area contributed by atoms with E-state index in [-0.39, 0.29) is 0 Å². The third-order valence-electron chi connectivity index (χ3n) is 1.65. The quantitative estimate of drug-likeness (QED) is 0.420. The third-order valence-corrected chi connectivity index (χ3v) is 2.97. The normalized spacial score (nSPS) is 13.3. The molecule has 0 spiro atoms. The van der Waals surface area contributed by atoms with Crippen molar-refractivity contribution in [3.05, 3.63) is 5.15 Å². The molecule has 0 atom stereocenters. The fourth-order valence-electron chi connectivity index (χ4n) is 1.03. The maximum atomic E-state index is 5.95. The molecule has 0 fully saturated rings. The maximum Gasteiger partial charge on any atom is 0.191 e. The van der Waals surface area contributed by atoms with E-state index in [0.717, 1.165) is 12.2 Å². The van der Waals surface area contributed by atoms with E-state index in [0.29, 0.717) is 21.8 Å². The summed E-state index contributed by atoms with van der Waals surface area (Å²) < 4.78 is 0. The van der Waals surface area contributed by atoms with Crippen molar-refractivity contribution in [3.63, 3.8) is 0 Å². The summed E-state index contributed by atoms with van der Waals surface area (Å²) in [6.07, 6.45) is 1.09. The molecule has 1 aliphatic rings. The average molecular weight is 232 g/mol. The number of hydrazine groups is 2. The molecule has 1 aromatic heterocycles. The number of anilines is 2. The second-order valence-electron chi connectivity index (χ2n) is 2.74. The second-order valence-corrected chi connectivity index (χ2v) is 4.16. The van der Waals surface area contributed by atoms with Gasteiger partial charge < -0.3 is 0 Å². The first-order valence-corrected chi connectivity index (χ1v) is 5.65. The maximum absolute atomic E-state index is 5.95. The van der Waals surface area contributed by atoms with Gasteiger partial charge in [0.15, 0.2) is 16.1 Å². The highest BCUT2D eigenvalue weighted by molar-refractivity contribution is 7.99. The lowest BCUT2D eigenvalue weighted by atomic mass is 10.5. The largest absolute Gasteiger partial charge is 0.298 e. The molecule has 1 aliphatic heterocycles. The van der Waals surface area contributed by atoms with Gasteiger partial charge in [0, 0.05) is 5.75 Å². The number of hydrogen-bond donors (Lipinski definition) is 3. The van der Waals surface area contributed by atoms with Gasteiger partial charge in [-0.1, -0.05) is 30.3 Å². The molecule has 5 nitrogen and oxygen atoms in total. The first-order chi connectivity index (χ1) is 6.81. The number of fused-ring (bicyclic) bond motifs is 1. The molecule has 2 heterocycles. The SMILES string of the molecule is CCCSc1nc(Cl)c2c(n1)NNN2. The van der Waals surface area contributed by atoms with Crippen LogP contribution in [0.15, 0.2) is 5.16 Å². The van der Waals surface area contributed by atoms with Crippen LogP contribution in [-0.4, -0.2) is 15.7 Å². The summed E-state index contributed by atoms with van der Waals surface area (Å²) in [6.45, 7) is 2.11. The van der Waals surface area contributed by atoms with E-state index in [9.17, 15) is 0 Å². The molecule has 1 aromatic rings. The van der Waals surface area contributed by atoms with Crippen LogP contribution in [0.3, 0.4) is 0 Å². The van der Waals surface area contributed by atoms with Crippen LogP contribution in [0, 0.1) is 0 Å². The van der Waals surface area contributed by atoms with E-state index >= 15 is 0 Å². The number of halogens is 1. The Hall–Kier alpha value is -0.720. The van der Waals surface area contributed by atoms with Gasteiger partial charge in [-0.15, -0.1) is 5.53 Å². The molecule has 0 aliphatic carbocycles. The minimum Gasteiger partial charge on any atom is -0.298 e. The zero-order valence-corrected chi connectivity index (χ0v) is 9.17. The van der Waals surface area contributed by atoms with Crippen LogP contribution in [0.5, 0.6) is 0 Å². The van der Waals surface area contributed by atoms with Crippen LogP contribution in [0.4, 0.5) is 11.5 Å². The lowest BCUT2D eigenvalue weighted by molar-refractivity contribution is 0.961. The van der Waals surface area contributed by atoms with E-state index in [1.807, 2.05) is 0 Å². The molecule has 0 saturated carbocycles. The summed E-state index contributed by atoms with van der Waals surface area (Å²) in [4.78, 5) is 8.44. The summed E-state index contributed by atoms with van der Waals surface area (Å²) in [5.41, 5.74) is 9.09. The number of nitrogens with one attached hydrogen (secondary N) is 3. The van der Waals surface area contributed by atoms with Crippen molar-refractivity contribution < 1.29 is 0 Å². The van der Waals surface area contributed by atoms with Gasteiger partial charge in [0.05, 0.1) is 0 Å². The molecule has 0 bridgehead atoms. The second kappa shape index (κ2) is 4.20. The van der Waals surface area contributed by atoms with Crippen LogP contribution in [0.1, 0.15) is 13.3 Å². The summed E-state index contributed by atoms with van der Waals surface area (Å²) >= 11 is 7.55. The Bertz CT molecular complexity index is 345. The Kier molecular flexibility index (Phi) is 2.95. The number of hydrogen-bond acceptors (Lipinski definition) is 6. The van der Waals surface area contributed by atoms with Gasteiger partial charge in [0.25, 0.3) is 0 Å². The highest BCUT2D eigenvalue weighted by atomic mass is 35.5. The topological polar surface area (TPSA) is 61.9 Å². The predicted molar refractivity (Wildman–Crippen MR) is 58.4 cm³/mol. The van der Waals surface area contributed by atoms with Gasteiger partial charge in [0.1, 0.15) is 5.69 Å². The number of nitrogens with zero attached hydrogens (tertiary/aromatic N) is 2. The van der Waals surface area contributed by atoms with Gasteiger partial charge in [-0.05, 0) is 6.42 Å². The zero-order valence-electron chi connectivity index (χ0n) is 7.59. The van der Waals surface area contributed by atoms with Crippen molar-refractivity contribution in [2.45, 2.75) is 18.5 Å². The Balaban J connectivity index is 2.23. The molecule has 0 aromatic carbocycles. The van der Waals surface area contributed by atoms with Crippen LogP contribution in [-0.2, 0) is 0 Å². The standard InChI is InChI=1S/C7H10ClN5S/c1-2-3-14-7-9-5(8)4-6(10-7)12-13-11-4/h11,13H,2-3H2,1H3,(H,9,10,12). The molecule has 0 amide bonds. The summed E-state index contributed by atoms with van der Waals surface area (Å²) in [6, 6.07) is 0. The van der Waals surface area contributed by atoms with Crippen molar-refractivity contribution in [1.29, 1.82) is 0 Å². The van der Waals surface area contributed by atoms with E-state index in [1.165, 1.54) is 0 Å². The Morgan fingerprint density at radius 1 is 1.36 bits per heavy atom. The van der Waals surface area contributed by atoms with Crippen molar-refractivity contribution >= 4 is 34.9 Å². The molecular weight excluding hydrogens is 222 g/mol. The highest BCUT2D eigenvalue weighted by Crippen LogP contribution is 2.31. The van der Waals surface area contributed by atoms with Gasteiger partial charge in [0.2, 0.25) is 0 Å².